The van der Waals surface area contributed by atoms with Crippen molar-refractivity contribution in [1.29, 1.82) is 0 Å². The molecule has 1 heterocycles. The fourth-order valence-corrected chi connectivity index (χ4v) is 1.82. The lowest BCUT2D eigenvalue weighted by Crippen LogP contribution is -2.33. The van der Waals surface area contributed by atoms with Gasteiger partial charge in [0.05, 0.1) is 6.26 Å². The maximum absolute atomic E-state index is 12.1. The SMILES string of the molecule is O=C(O)CN(Cc1ccccc1)C(=O)C=Cc1ccco1. The molecule has 0 unspecified atom stereocenters. The number of carbonyl (C=O) groups excluding carboxylic acids is 1. The first-order valence-corrected chi connectivity index (χ1v) is 6.41. The fraction of sp³-hybridized carbons (Fsp3) is 0.125. The summed E-state index contributed by atoms with van der Waals surface area (Å²) in [6.07, 6.45) is 4.33. The van der Waals surface area contributed by atoms with Crippen LogP contribution in [0.15, 0.2) is 59.2 Å². The van der Waals surface area contributed by atoms with Crippen LogP contribution in [-0.4, -0.2) is 28.4 Å². The molecule has 0 spiro atoms. The number of hydrogen-bond acceptors (Lipinski definition) is 3. The van der Waals surface area contributed by atoms with E-state index in [1.54, 1.807) is 12.1 Å². The van der Waals surface area contributed by atoms with E-state index >= 15 is 0 Å². The smallest absolute Gasteiger partial charge is 0.323 e. The Labute approximate surface area is 122 Å². The van der Waals surface area contributed by atoms with E-state index in [1.165, 1.54) is 23.3 Å². The Morgan fingerprint density at radius 1 is 1.14 bits per heavy atom. The Morgan fingerprint density at radius 2 is 1.90 bits per heavy atom. The van der Waals surface area contributed by atoms with Crippen LogP contribution >= 0.6 is 0 Å². The van der Waals surface area contributed by atoms with E-state index in [0.717, 1.165) is 5.56 Å². The van der Waals surface area contributed by atoms with Gasteiger partial charge in [0.25, 0.3) is 0 Å². The lowest BCUT2D eigenvalue weighted by molar-refractivity contribution is -0.143. The van der Waals surface area contributed by atoms with E-state index < -0.39 is 5.97 Å². The number of rotatable bonds is 6. The molecule has 0 radical (unpaired) electrons. The highest BCUT2D eigenvalue weighted by molar-refractivity contribution is 5.93. The molecule has 5 heteroatoms. The van der Waals surface area contributed by atoms with Crippen LogP contribution in [0.2, 0.25) is 0 Å². The first-order chi connectivity index (χ1) is 10.1. The maximum Gasteiger partial charge on any atom is 0.323 e. The van der Waals surface area contributed by atoms with Gasteiger partial charge in [0, 0.05) is 12.6 Å². The lowest BCUT2D eigenvalue weighted by Gasteiger charge is -2.19. The van der Waals surface area contributed by atoms with E-state index in [9.17, 15) is 9.59 Å². The van der Waals surface area contributed by atoms with Crippen LogP contribution in [0.4, 0.5) is 0 Å². The van der Waals surface area contributed by atoms with E-state index in [2.05, 4.69) is 0 Å². The van der Waals surface area contributed by atoms with Gasteiger partial charge in [-0.15, -0.1) is 0 Å². The second-order valence-electron chi connectivity index (χ2n) is 4.42. The van der Waals surface area contributed by atoms with Gasteiger partial charge in [-0.3, -0.25) is 9.59 Å². The standard InChI is InChI=1S/C16H15NO4/c18-15(9-8-14-7-4-10-21-14)17(12-16(19)20)11-13-5-2-1-3-6-13/h1-10H,11-12H2,(H,19,20). The predicted octanol–water partition coefficient (Wildman–Crippen LogP) is 2.41. The van der Waals surface area contributed by atoms with Crippen LogP contribution in [0.5, 0.6) is 0 Å². The number of nitrogens with zero attached hydrogens (tertiary/aromatic N) is 1. The molecular formula is C16H15NO4. The Hall–Kier alpha value is -2.82. The number of benzene rings is 1. The number of aliphatic carboxylic acids is 1. The minimum atomic E-state index is -1.05. The van der Waals surface area contributed by atoms with Gasteiger partial charge in [-0.05, 0) is 23.8 Å². The van der Waals surface area contributed by atoms with Crippen LogP contribution in [0.25, 0.3) is 6.08 Å². The summed E-state index contributed by atoms with van der Waals surface area (Å²) in [5.74, 6) is -0.887. The van der Waals surface area contributed by atoms with Crippen LogP contribution < -0.4 is 0 Å². The zero-order chi connectivity index (χ0) is 15.1. The van der Waals surface area contributed by atoms with Gasteiger partial charge in [0.15, 0.2) is 0 Å². The fourth-order valence-electron chi connectivity index (χ4n) is 1.82. The van der Waals surface area contributed by atoms with Crippen LogP contribution in [-0.2, 0) is 16.1 Å². The molecule has 1 N–H and O–H groups in total. The Morgan fingerprint density at radius 3 is 2.52 bits per heavy atom. The second kappa shape index (κ2) is 7.09. The summed E-state index contributed by atoms with van der Waals surface area (Å²) < 4.78 is 5.09. The van der Waals surface area contributed by atoms with Crippen molar-refractivity contribution in [3.63, 3.8) is 0 Å². The third-order valence-electron chi connectivity index (χ3n) is 2.79. The Kier molecular flexibility index (Phi) is 4.93. The minimum Gasteiger partial charge on any atom is -0.480 e. The predicted molar refractivity (Wildman–Crippen MR) is 77.2 cm³/mol. The minimum absolute atomic E-state index is 0.245. The molecule has 2 rings (SSSR count). The molecule has 0 bridgehead atoms. The van der Waals surface area contributed by atoms with E-state index in [0.29, 0.717) is 5.76 Å². The number of carboxylic acids is 1. The molecule has 0 atom stereocenters. The highest BCUT2D eigenvalue weighted by Gasteiger charge is 2.14. The number of carboxylic acid groups (broad SMARTS) is 1. The molecule has 2 aromatic rings. The first-order valence-electron chi connectivity index (χ1n) is 6.41. The molecule has 1 aromatic heterocycles. The molecular weight excluding hydrogens is 270 g/mol. The summed E-state index contributed by atoms with van der Waals surface area (Å²) in [4.78, 5) is 24.3. The summed E-state index contributed by atoms with van der Waals surface area (Å²) in [6, 6.07) is 12.7. The summed E-state index contributed by atoms with van der Waals surface area (Å²) in [7, 11) is 0. The molecule has 1 amide bonds. The molecule has 108 valence electrons. The third-order valence-corrected chi connectivity index (χ3v) is 2.79. The topological polar surface area (TPSA) is 70.8 Å². The molecule has 0 aliphatic rings. The molecule has 5 nitrogen and oxygen atoms in total. The van der Waals surface area contributed by atoms with E-state index in [-0.39, 0.29) is 19.0 Å². The van der Waals surface area contributed by atoms with E-state index in [4.69, 9.17) is 9.52 Å². The molecule has 0 saturated carbocycles. The van der Waals surface area contributed by atoms with Crippen molar-refractivity contribution in [3.8, 4) is 0 Å². The summed E-state index contributed by atoms with van der Waals surface area (Å²) in [6.45, 7) is -0.106. The third kappa shape index (κ3) is 4.65. The normalized spacial score (nSPS) is 10.7. The van der Waals surface area contributed by atoms with Gasteiger partial charge in [-0.2, -0.15) is 0 Å². The first kappa shape index (κ1) is 14.6. The van der Waals surface area contributed by atoms with Gasteiger partial charge in [-0.1, -0.05) is 30.3 Å². The molecule has 0 aliphatic heterocycles. The second-order valence-corrected chi connectivity index (χ2v) is 4.42. The van der Waals surface area contributed by atoms with Crippen LogP contribution in [0, 0.1) is 0 Å². The average molecular weight is 285 g/mol. The van der Waals surface area contributed by atoms with Crippen molar-refractivity contribution >= 4 is 18.0 Å². The van der Waals surface area contributed by atoms with Gasteiger partial charge < -0.3 is 14.4 Å². The molecule has 21 heavy (non-hydrogen) atoms. The van der Waals surface area contributed by atoms with Gasteiger partial charge in [0.2, 0.25) is 5.91 Å². The van der Waals surface area contributed by atoms with Crippen molar-refractivity contribution in [3.05, 3.63) is 66.1 Å². The van der Waals surface area contributed by atoms with E-state index in [1.807, 2.05) is 30.3 Å². The number of carbonyl (C=O) groups is 2. The van der Waals surface area contributed by atoms with Crippen molar-refractivity contribution in [2.75, 3.05) is 6.54 Å². The Balaban J connectivity index is 2.08. The van der Waals surface area contributed by atoms with Crippen molar-refractivity contribution < 1.29 is 19.1 Å². The number of furan rings is 1. The zero-order valence-corrected chi connectivity index (χ0v) is 11.3. The quantitative estimate of drug-likeness (QED) is 0.827. The van der Waals surface area contributed by atoms with Gasteiger partial charge in [0.1, 0.15) is 12.3 Å². The monoisotopic (exact) mass is 285 g/mol. The summed E-state index contributed by atoms with van der Waals surface area (Å²) in [5.41, 5.74) is 0.874. The highest BCUT2D eigenvalue weighted by Crippen LogP contribution is 2.07. The number of amides is 1. The largest absolute Gasteiger partial charge is 0.480 e. The summed E-state index contributed by atoms with van der Waals surface area (Å²) >= 11 is 0. The maximum atomic E-state index is 12.1. The summed E-state index contributed by atoms with van der Waals surface area (Å²) in [5, 5.41) is 8.93. The zero-order valence-electron chi connectivity index (χ0n) is 11.3. The van der Waals surface area contributed by atoms with Crippen LogP contribution in [0.1, 0.15) is 11.3 Å². The highest BCUT2D eigenvalue weighted by atomic mass is 16.4. The molecule has 0 saturated heterocycles. The molecule has 1 aromatic carbocycles. The molecule has 0 fully saturated rings. The van der Waals surface area contributed by atoms with Crippen LogP contribution in [0.3, 0.4) is 0 Å². The number of hydrogen-bond donors (Lipinski definition) is 1. The van der Waals surface area contributed by atoms with Gasteiger partial charge >= 0.3 is 5.97 Å². The Bertz CT molecular complexity index is 617. The molecule has 0 aliphatic carbocycles. The average Bonchev–Trinajstić information content (AvgIpc) is 2.98. The van der Waals surface area contributed by atoms with Gasteiger partial charge in [-0.25, -0.2) is 0 Å². The van der Waals surface area contributed by atoms with Crippen molar-refractivity contribution in [2.24, 2.45) is 0 Å². The van der Waals surface area contributed by atoms with Crippen molar-refractivity contribution in [1.82, 2.24) is 4.90 Å². The lowest BCUT2D eigenvalue weighted by atomic mass is 10.2. The van der Waals surface area contributed by atoms with Crippen molar-refractivity contribution in [2.45, 2.75) is 6.54 Å².